The highest BCUT2D eigenvalue weighted by Gasteiger charge is 2.23. The van der Waals surface area contributed by atoms with E-state index in [2.05, 4.69) is 46.5 Å². The van der Waals surface area contributed by atoms with Gasteiger partial charge in [-0.1, -0.05) is 26.8 Å². The van der Waals surface area contributed by atoms with E-state index in [-0.39, 0.29) is 5.54 Å². The van der Waals surface area contributed by atoms with Crippen molar-refractivity contribution in [3.8, 4) is 0 Å². The van der Waals surface area contributed by atoms with E-state index in [1.807, 2.05) is 6.08 Å². The normalized spacial score (nSPS) is 13.1. The van der Waals surface area contributed by atoms with E-state index in [9.17, 15) is 0 Å². The van der Waals surface area contributed by atoms with Gasteiger partial charge in [0.1, 0.15) is 0 Å². The molecule has 0 aromatic carbocycles. The Morgan fingerprint density at radius 2 is 1.67 bits per heavy atom. The van der Waals surface area contributed by atoms with Crippen LogP contribution in [0.15, 0.2) is 12.7 Å². The van der Waals surface area contributed by atoms with Crippen molar-refractivity contribution in [2.24, 2.45) is 5.41 Å². The monoisotopic (exact) mass is 169 g/mol. The van der Waals surface area contributed by atoms with Gasteiger partial charge in [-0.15, -0.1) is 6.58 Å². The number of rotatable bonds is 4. The summed E-state index contributed by atoms with van der Waals surface area (Å²) < 4.78 is 0. The molecule has 0 unspecified atom stereocenters. The van der Waals surface area contributed by atoms with Gasteiger partial charge in [0.2, 0.25) is 0 Å². The summed E-state index contributed by atoms with van der Waals surface area (Å²) in [6, 6.07) is 0. The summed E-state index contributed by atoms with van der Waals surface area (Å²) in [6.07, 6.45) is 3.08. The van der Waals surface area contributed by atoms with Gasteiger partial charge in [-0.25, -0.2) is 0 Å². The Bertz CT molecular complexity index is 140. The summed E-state index contributed by atoms with van der Waals surface area (Å²) in [7, 11) is 0. The first kappa shape index (κ1) is 11.7. The molecular formula is C11H23N. The molecule has 0 heterocycles. The summed E-state index contributed by atoms with van der Waals surface area (Å²) >= 11 is 0. The van der Waals surface area contributed by atoms with Crippen molar-refractivity contribution in [3.05, 3.63) is 12.7 Å². The van der Waals surface area contributed by atoms with Gasteiger partial charge in [-0.3, -0.25) is 0 Å². The Balaban J connectivity index is 3.94. The zero-order valence-electron chi connectivity index (χ0n) is 9.20. The van der Waals surface area contributed by atoms with E-state index >= 15 is 0 Å². The van der Waals surface area contributed by atoms with E-state index in [1.54, 1.807) is 0 Å². The largest absolute Gasteiger partial charge is 0.308 e. The van der Waals surface area contributed by atoms with E-state index in [1.165, 1.54) is 6.42 Å². The van der Waals surface area contributed by atoms with Crippen LogP contribution in [0.25, 0.3) is 0 Å². The van der Waals surface area contributed by atoms with Crippen LogP contribution in [0.2, 0.25) is 0 Å². The van der Waals surface area contributed by atoms with Gasteiger partial charge in [0, 0.05) is 12.1 Å². The molecule has 0 atom stereocenters. The van der Waals surface area contributed by atoms with E-state index in [0.29, 0.717) is 5.41 Å². The number of hydrogen-bond acceptors (Lipinski definition) is 1. The van der Waals surface area contributed by atoms with Crippen molar-refractivity contribution in [1.82, 2.24) is 5.32 Å². The summed E-state index contributed by atoms with van der Waals surface area (Å²) in [5.41, 5.74) is 0.601. The standard InChI is InChI=1S/C11H23N/c1-7-8-12-11(5,6)9-10(2,3)4/h7,12H,1,8-9H2,2-6H3. The second kappa shape index (κ2) is 4.08. The average molecular weight is 169 g/mol. The second-order valence-corrected chi connectivity index (χ2v) is 5.29. The molecule has 0 fully saturated rings. The van der Waals surface area contributed by atoms with Crippen LogP contribution in [0, 0.1) is 5.41 Å². The molecule has 0 radical (unpaired) electrons. The van der Waals surface area contributed by atoms with E-state index in [0.717, 1.165) is 6.54 Å². The molecule has 0 bridgehead atoms. The zero-order valence-corrected chi connectivity index (χ0v) is 9.20. The minimum atomic E-state index is 0.215. The lowest BCUT2D eigenvalue weighted by atomic mass is 9.82. The molecular weight excluding hydrogens is 146 g/mol. The molecule has 0 spiro atoms. The molecule has 12 heavy (non-hydrogen) atoms. The molecule has 0 amide bonds. The maximum absolute atomic E-state index is 3.70. The molecule has 0 aromatic rings. The Morgan fingerprint density at radius 3 is 2.00 bits per heavy atom. The van der Waals surface area contributed by atoms with Gasteiger partial charge >= 0.3 is 0 Å². The van der Waals surface area contributed by atoms with Crippen LogP contribution < -0.4 is 5.32 Å². The van der Waals surface area contributed by atoms with Gasteiger partial charge < -0.3 is 5.32 Å². The molecule has 72 valence electrons. The Hall–Kier alpha value is -0.300. The fraction of sp³-hybridized carbons (Fsp3) is 0.818. The number of hydrogen-bond donors (Lipinski definition) is 1. The fourth-order valence-electron chi connectivity index (χ4n) is 1.74. The summed E-state index contributed by atoms with van der Waals surface area (Å²) in [4.78, 5) is 0. The summed E-state index contributed by atoms with van der Waals surface area (Å²) in [6.45, 7) is 15.9. The summed E-state index contributed by atoms with van der Waals surface area (Å²) in [5.74, 6) is 0. The predicted octanol–water partition coefficient (Wildman–Crippen LogP) is 2.98. The fourth-order valence-corrected chi connectivity index (χ4v) is 1.74. The molecule has 0 aliphatic rings. The van der Waals surface area contributed by atoms with Crippen LogP contribution in [-0.2, 0) is 0 Å². The lowest BCUT2D eigenvalue weighted by molar-refractivity contribution is 0.248. The van der Waals surface area contributed by atoms with E-state index in [4.69, 9.17) is 0 Å². The third-order valence-corrected chi connectivity index (χ3v) is 1.70. The quantitative estimate of drug-likeness (QED) is 0.638. The van der Waals surface area contributed by atoms with Gasteiger partial charge in [0.25, 0.3) is 0 Å². The van der Waals surface area contributed by atoms with Gasteiger partial charge in [0.15, 0.2) is 0 Å². The molecule has 0 aliphatic heterocycles. The van der Waals surface area contributed by atoms with Crippen LogP contribution >= 0.6 is 0 Å². The topological polar surface area (TPSA) is 12.0 Å². The lowest BCUT2D eigenvalue weighted by Crippen LogP contribution is -2.42. The van der Waals surface area contributed by atoms with Crippen molar-refractivity contribution in [1.29, 1.82) is 0 Å². The SMILES string of the molecule is C=CCNC(C)(C)CC(C)(C)C. The summed E-state index contributed by atoms with van der Waals surface area (Å²) in [5, 5.41) is 3.45. The van der Waals surface area contributed by atoms with Crippen LogP contribution in [0.3, 0.4) is 0 Å². The highest BCUT2D eigenvalue weighted by atomic mass is 14.9. The third kappa shape index (κ3) is 6.41. The minimum absolute atomic E-state index is 0.215. The van der Waals surface area contributed by atoms with Crippen LogP contribution in [0.5, 0.6) is 0 Å². The second-order valence-electron chi connectivity index (χ2n) is 5.29. The van der Waals surface area contributed by atoms with Crippen LogP contribution in [-0.4, -0.2) is 12.1 Å². The van der Waals surface area contributed by atoms with Crippen molar-refractivity contribution in [3.63, 3.8) is 0 Å². The first-order chi connectivity index (χ1) is 5.27. The highest BCUT2D eigenvalue weighted by Crippen LogP contribution is 2.26. The molecule has 1 heteroatoms. The van der Waals surface area contributed by atoms with Crippen LogP contribution in [0.4, 0.5) is 0 Å². The molecule has 0 saturated carbocycles. The van der Waals surface area contributed by atoms with Crippen molar-refractivity contribution < 1.29 is 0 Å². The van der Waals surface area contributed by atoms with Gasteiger partial charge in [-0.2, -0.15) is 0 Å². The molecule has 0 aliphatic carbocycles. The van der Waals surface area contributed by atoms with E-state index < -0.39 is 0 Å². The Kier molecular flexibility index (Phi) is 3.98. The van der Waals surface area contributed by atoms with Crippen molar-refractivity contribution >= 4 is 0 Å². The molecule has 0 saturated heterocycles. The van der Waals surface area contributed by atoms with Crippen LogP contribution in [0.1, 0.15) is 41.0 Å². The molecule has 1 nitrogen and oxygen atoms in total. The van der Waals surface area contributed by atoms with Crippen molar-refractivity contribution in [2.45, 2.75) is 46.6 Å². The molecule has 1 N–H and O–H groups in total. The van der Waals surface area contributed by atoms with Gasteiger partial charge in [-0.05, 0) is 25.7 Å². The number of nitrogens with one attached hydrogen (secondary N) is 1. The predicted molar refractivity (Wildman–Crippen MR) is 56.4 cm³/mol. The molecule has 0 rings (SSSR count). The average Bonchev–Trinajstić information content (AvgIpc) is 1.78. The molecule has 0 aromatic heterocycles. The highest BCUT2D eigenvalue weighted by molar-refractivity contribution is 4.85. The first-order valence-electron chi connectivity index (χ1n) is 4.63. The Labute approximate surface area is 77.2 Å². The zero-order chi connectivity index (χ0) is 9.83. The minimum Gasteiger partial charge on any atom is -0.308 e. The third-order valence-electron chi connectivity index (χ3n) is 1.70. The maximum atomic E-state index is 3.70. The maximum Gasteiger partial charge on any atom is 0.0137 e. The van der Waals surface area contributed by atoms with Crippen molar-refractivity contribution in [2.75, 3.05) is 6.54 Å². The smallest absolute Gasteiger partial charge is 0.0137 e. The van der Waals surface area contributed by atoms with Gasteiger partial charge in [0.05, 0.1) is 0 Å². The Morgan fingerprint density at radius 1 is 1.17 bits per heavy atom. The lowest BCUT2D eigenvalue weighted by Gasteiger charge is -2.33. The first-order valence-corrected chi connectivity index (χ1v) is 4.63.